The molecule has 0 aliphatic carbocycles. The second-order valence-electron chi connectivity index (χ2n) is 7.41. The molecule has 3 aromatic rings. The van der Waals surface area contributed by atoms with Gasteiger partial charge in [-0.25, -0.2) is 0 Å². The quantitative estimate of drug-likeness (QED) is 0.687. The van der Waals surface area contributed by atoms with E-state index in [1.807, 2.05) is 12.1 Å². The average molecular weight is 399 g/mol. The molecule has 2 heterocycles. The molecule has 2 aromatic carbocycles. The van der Waals surface area contributed by atoms with Gasteiger partial charge in [-0.05, 0) is 36.1 Å². The summed E-state index contributed by atoms with van der Waals surface area (Å²) < 4.78 is 5.51. The third-order valence-corrected chi connectivity index (χ3v) is 5.53. The summed E-state index contributed by atoms with van der Waals surface area (Å²) in [5.74, 6) is 2.35. The normalized spacial score (nSPS) is 19.5. The van der Waals surface area contributed by atoms with Gasteiger partial charge in [-0.3, -0.25) is 4.90 Å². The highest BCUT2D eigenvalue weighted by molar-refractivity contribution is 5.85. The number of benzene rings is 2. The maximum atomic E-state index is 6.04. The lowest BCUT2D eigenvalue weighted by molar-refractivity contribution is 0.259. The molecule has 0 bridgehead atoms. The summed E-state index contributed by atoms with van der Waals surface area (Å²) in [7, 11) is 0. The third-order valence-electron chi connectivity index (χ3n) is 5.53. The largest absolute Gasteiger partial charge is 0.338 e. The lowest BCUT2D eigenvalue weighted by atomic mass is 9.89. The summed E-state index contributed by atoms with van der Waals surface area (Å²) in [6, 6.07) is 19.0. The lowest BCUT2D eigenvalue weighted by Crippen LogP contribution is -2.23. The fourth-order valence-corrected chi connectivity index (χ4v) is 4.00. The van der Waals surface area contributed by atoms with Crippen LogP contribution in [0.5, 0.6) is 0 Å². The first kappa shape index (κ1) is 20.5. The molecule has 6 heteroatoms. The van der Waals surface area contributed by atoms with E-state index >= 15 is 0 Å². The van der Waals surface area contributed by atoms with Crippen LogP contribution in [0.2, 0.25) is 0 Å². The SMILES string of the molecule is Cc1ccccc1Cc1noc(CN2C[C@@H](CN)[C@H](c3ccccc3)C2)n1.Cl. The van der Waals surface area contributed by atoms with Crippen molar-refractivity contribution in [2.24, 2.45) is 11.7 Å². The van der Waals surface area contributed by atoms with E-state index in [4.69, 9.17) is 10.3 Å². The smallest absolute Gasteiger partial charge is 0.240 e. The van der Waals surface area contributed by atoms with E-state index in [-0.39, 0.29) is 12.4 Å². The summed E-state index contributed by atoms with van der Waals surface area (Å²) in [5.41, 5.74) is 9.89. The number of aryl methyl sites for hydroxylation is 1. The van der Waals surface area contributed by atoms with Gasteiger partial charge in [0.25, 0.3) is 0 Å². The number of likely N-dealkylation sites (tertiary alicyclic amines) is 1. The van der Waals surface area contributed by atoms with Gasteiger partial charge in [0.05, 0.1) is 6.54 Å². The van der Waals surface area contributed by atoms with Gasteiger partial charge in [0.2, 0.25) is 5.89 Å². The van der Waals surface area contributed by atoms with Crippen LogP contribution in [-0.2, 0) is 13.0 Å². The molecule has 1 aliphatic rings. The van der Waals surface area contributed by atoms with Crippen LogP contribution >= 0.6 is 12.4 Å². The van der Waals surface area contributed by atoms with Crippen LogP contribution in [0.25, 0.3) is 0 Å². The molecule has 0 unspecified atom stereocenters. The van der Waals surface area contributed by atoms with E-state index in [0.717, 1.165) is 18.9 Å². The number of nitrogens with two attached hydrogens (primary N) is 1. The predicted molar refractivity (Wildman–Crippen MR) is 113 cm³/mol. The minimum absolute atomic E-state index is 0. The third kappa shape index (κ3) is 4.61. The summed E-state index contributed by atoms with van der Waals surface area (Å²) in [5, 5.41) is 4.17. The molecule has 2 N–H and O–H groups in total. The lowest BCUT2D eigenvalue weighted by Gasteiger charge is -2.16. The first-order chi connectivity index (χ1) is 13.2. The summed E-state index contributed by atoms with van der Waals surface area (Å²) in [6.07, 6.45) is 0.703. The van der Waals surface area contributed by atoms with Crippen LogP contribution in [0.3, 0.4) is 0 Å². The first-order valence-electron chi connectivity index (χ1n) is 9.56. The molecule has 0 saturated carbocycles. The Hall–Kier alpha value is -2.21. The molecule has 1 aromatic heterocycles. The van der Waals surface area contributed by atoms with Crippen molar-refractivity contribution in [2.75, 3.05) is 19.6 Å². The highest BCUT2D eigenvalue weighted by atomic mass is 35.5. The number of rotatable bonds is 6. The van der Waals surface area contributed by atoms with Crippen molar-refractivity contribution in [2.45, 2.75) is 25.8 Å². The van der Waals surface area contributed by atoms with Crippen molar-refractivity contribution in [3.63, 3.8) is 0 Å². The number of hydrogen-bond donors (Lipinski definition) is 1. The van der Waals surface area contributed by atoms with Gasteiger partial charge in [0, 0.05) is 25.4 Å². The molecule has 1 saturated heterocycles. The zero-order valence-electron chi connectivity index (χ0n) is 16.1. The Morgan fingerprint density at radius 2 is 1.82 bits per heavy atom. The second-order valence-corrected chi connectivity index (χ2v) is 7.41. The highest BCUT2D eigenvalue weighted by Gasteiger charge is 2.33. The maximum absolute atomic E-state index is 6.04. The molecule has 0 radical (unpaired) electrons. The maximum Gasteiger partial charge on any atom is 0.240 e. The molecule has 148 valence electrons. The number of halogens is 1. The van der Waals surface area contributed by atoms with Crippen molar-refractivity contribution in [3.8, 4) is 0 Å². The standard InChI is InChI=1S/C22H26N4O.ClH/c1-16-7-5-6-10-18(16)11-21-24-22(27-25-21)15-26-13-19(12-23)20(14-26)17-8-3-2-4-9-17;/h2-10,19-20H,11-15,23H2,1H3;1H/t19-,20+;/m1./s1. The summed E-state index contributed by atoms with van der Waals surface area (Å²) >= 11 is 0. The van der Waals surface area contributed by atoms with Crippen LogP contribution in [0.1, 0.15) is 34.3 Å². The Bertz CT molecular complexity index is 883. The molecule has 0 spiro atoms. The molecule has 1 aliphatic heterocycles. The van der Waals surface area contributed by atoms with Gasteiger partial charge in [0.1, 0.15) is 0 Å². The topological polar surface area (TPSA) is 68.2 Å². The zero-order chi connectivity index (χ0) is 18.6. The van der Waals surface area contributed by atoms with Crippen LogP contribution < -0.4 is 5.73 Å². The predicted octanol–water partition coefficient (Wildman–Crippen LogP) is 3.56. The van der Waals surface area contributed by atoms with Crippen molar-refractivity contribution in [1.29, 1.82) is 0 Å². The van der Waals surface area contributed by atoms with Gasteiger partial charge in [-0.1, -0.05) is 59.8 Å². The molecule has 4 rings (SSSR count). The molecule has 2 atom stereocenters. The molecule has 28 heavy (non-hydrogen) atoms. The number of aromatic nitrogens is 2. The minimum Gasteiger partial charge on any atom is -0.338 e. The zero-order valence-corrected chi connectivity index (χ0v) is 16.9. The first-order valence-corrected chi connectivity index (χ1v) is 9.56. The van der Waals surface area contributed by atoms with E-state index in [0.29, 0.717) is 37.2 Å². The Balaban J connectivity index is 0.00000225. The van der Waals surface area contributed by atoms with E-state index < -0.39 is 0 Å². The molecule has 5 nitrogen and oxygen atoms in total. The molecule has 0 amide bonds. The number of nitrogens with zero attached hydrogens (tertiary/aromatic N) is 3. The summed E-state index contributed by atoms with van der Waals surface area (Å²) in [6.45, 7) is 5.42. The van der Waals surface area contributed by atoms with E-state index in [2.05, 4.69) is 64.4 Å². The van der Waals surface area contributed by atoms with E-state index in [1.165, 1.54) is 16.7 Å². The van der Waals surface area contributed by atoms with Crippen LogP contribution in [-0.4, -0.2) is 34.7 Å². The van der Waals surface area contributed by atoms with Gasteiger partial charge in [0.15, 0.2) is 5.82 Å². The Labute approximate surface area is 172 Å². The Morgan fingerprint density at radius 3 is 2.57 bits per heavy atom. The Kier molecular flexibility index (Phi) is 6.83. The van der Waals surface area contributed by atoms with E-state index in [9.17, 15) is 0 Å². The summed E-state index contributed by atoms with van der Waals surface area (Å²) in [4.78, 5) is 6.98. The van der Waals surface area contributed by atoms with Gasteiger partial charge in [-0.2, -0.15) is 4.98 Å². The van der Waals surface area contributed by atoms with Crippen molar-refractivity contribution in [1.82, 2.24) is 15.0 Å². The molecule has 1 fully saturated rings. The van der Waals surface area contributed by atoms with Crippen LogP contribution in [0.15, 0.2) is 59.1 Å². The van der Waals surface area contributed by atoms with Gasteiger partial charge < -0.3 is 10.3 Å². The molecular weight excluding hydrogens is 372 g/mol. The fourth-order valence-electron chi connectivity index (χ4n) is 4.00. The highest BCUT2D eigenvalue weighted by Crippen LogP contribution is 2.32. The van der Waals surface area contributed by atoms with Crippen molar-refractivity contribution in [3.05, 3.63) is 83.0 Å². The second kappa shape index (κ2) is 9.32. The van der Waals surface area contributed by atoms with E-state index in [1.54, 1.807) is 0 Å². The average Bonchev–Trinajstić information content (AvgIpc) is 3.31. The van der Waals surface area contributed by atoms with Gasteiger partial charge in [-0.15, -0.1) is 12.4 Å². The van der Waals surface area contributed by atoms with Crippen molar-refractivity contribution < 1.29 is 4.52 Å². The minimum atomic E-state index is 0. The van der Waals surface area contributed by atoms with Crippen molar-refractivity contribution >= 4 is 12.4 Å². The molecular formula is C22H27ClN4O. The van der Waals surface area contributed by atoms with Crippen LogP contribution in [0.4, 0.5) is 0 Å². The van der Waals surface area contributed by atoms with Gasteiger partial charge >= 0.3 is 0 Å². The monoisotopic (exact) mass is 398 g/mol. The van der Waals surface area contributed by atoms with Crippen LogP contribution in [0, 0.1) is 12.8 Å². The number of hydrogen-bond acceptors (Lipinski definition) is 5. The Morgan fingerprint density at radius 1 is 1.07 bits per heavy atom. The fraction of sp³-hybridized carbons (Fsp3) is 0.364.